The van der Waals surface area contributed by atoms with Gasteiger partial charge >= 0.3 is 0 Å². The zero-order chi connectivity index (χ0) is 28.1. The van der Waals surface area contributed by atoms with E-state index in [1.807, 2.05) is 18.2 Å². The summed E-state index contributed by atoms with van der Waals surface area (Å²) in [7, 11) is -3.61. The van der Waals surface area contributed by atoms with Crippen LogP contribution >= 0.6 is 22.7 Å². The molecule has 0 saturated heterocycles. The average Bonchev–Trinajstić information content (AvgIpc) is 3.45. The Labute approximate surface area is 245 Å². The first-order valence-corrected chi connectivity index (χ1v) is 17.4. The van der Waals surface area contributed by atoms with Crippen molar-refractivity contribution < 1.29 is 13.2 Å². The van der Waals surface area contributed by atoms with E-state index in [9.17, 15) is 13.2 Å². The van der Waals surface area contributed by atoms with Crippen LogP contribution in [0.15, 0.2) is 53.4 Å². The quantitative estimate of drug-likeness (QED) is 0.178. The number of thiazole rings is 1. The molecule has 0 radical (unpaired) electrons. The van der Waals surface area contributed by atoms with E-state index in [4.69, 9.17) is 4.98 Å². The van der Waals surface area contributed by atoms with Gasteiger partial charge in [-0.05, 0) is 80.5 Å². The highest BCUT2D eigenvalue weighted by Gasteiger charge is 2.26. The highest BCUT2D eigenvalue weighted by atomic mass is 32.2. The number of hydrogen-bond acceptors (Lipinski definition) is 6. The second-order valence-corrected chi connectivity index (χ2v) is 14.4. The minimum atomic E-state index is -3.61. The molecule has 4 aromatic rings. The molecule has 2 aromatic carbocycles. The van der Waals surface area contributed by atoms with Gasteiger partial charge in [0, 0.05) is 29.1 Å². The Morgan fingerprint density at radius 1 is 0.925 bits per heavy atom. The molecule has 6 nitrogen and oxygen atoms in total. The fourth-order valence-corrected chi connectivity index (χ4v) is 9.07. The second kappa shape index (κ2) is 12.9. The Bertz CT molecular complexity index is 1530. The SMILES string of the molecule is CCCCN(CCCC)S(=O)(=O)c1ccc(C(=O)Nc2sc3c(c2-c2nc4ccccc4s2)CCCCC3)cc1. The number of nitrogens with zero attached hydrogens (tertiary/aromatic N) is 2. The van der Waals surface area contributed by atoms with Crippen molar-refractivity contribution in [2.45, 2.75) is 76.5 Å². The number of unbranched alkanes of at least 4 members (excludes halogenated alkanes) is 2. The molecule has 9 heteroatoms. The Hall–Kier alpha value is -2.59. The summed E-state index contributed by atoms with van der Waals surface area (Å²) in [6.07, 6.45) is 9.04. The van der Waals surface area contributed by atoms with Crippen molar-refractivity contribution in [1.82, 2.24) is 9.29 Å². The van der Waals surface area contributed by atoms with Crippen molar-refractivity contribution in [3.63, 3.8) is 0 Å². The van der Waals surface area contributed by atoms with E-state index in [0.717, 1.165) is 77.2 Å². The molecule has 0 aliphatic heterocycles. The predicted molar refractivity (Wildman–Crippen MR) is 167 cm³/mol. The molecule has 5 rings (SSSR count). The van der Waals surface area contributed by atoms with Crippen molar-refractivity contribution in [1.29, 1.82) is 0 Å². The van der Waals surface area contributed by atoms with Crippen molar-refractivity contribution in [3.05, 3.63) is 64.5 Å². The molecule has 0 atom stereocenters. The first-order valence-electron chi connectivity index (χ1n) is 14.3. The topological polar surface area (TPSA) is 79.4 Å². The van der Waals surface area contributed by atoms with Gasteiger partial charge in [0.1, 0.15) is 10.0 Å². The van der Waals surface area contributed by atoms with Gasteiger partial charge in [0.15, 0.2) is 0 Å². The van der Waals surface area contributed by atoms with Crippen LogP contribution in [0.25, 0.3) is 20.8 Å². The fraction of sp³-hybridized carbons (Fsp3) is 0.419. The van der Waals surface area contributed by atoms with Crippen LogP contribution in [0.2, 0.25) is 0 Å². The number of amides is 1. The number of benzene rings is 2. The fourth-order valence-electron chi connectivity index (χ4n) is 5.16. The van der Waals surface area contributed by atoms with Gasteiger partial charge in [0.2, 0.25) is 10.0 Å². The summed E-state index contributed by atoms with van der Waals surface area (Å²) in [5.41, 5.74) is 3.78. The molecular weight excluding hydrogens is 559 g/mol. The average molecular weight is 596 g/mol. The number of anilines is 1. The lowest BCUT2D eigenvalue weighted by Crippen LogP contribution is -2.33. The molecule has 0 unspecified atom stereocenters. The molecule has 0 bridgehead atoms. The summed E-state index contributed by atoms with van der Waals surface area (Å²) < 4.78 is 29.4. The lowest BCUT2D eigenvalue weighted by Gasteiger charge is -2.22. The molecular formula is C31H37N3O3S3. The summed E-state index contributed by atoms with van der Waals surface area (Å²) in [6, 6.07) is 14.5. The highest BCUT2D eigenvalue weighted by molar-refractivity contribution is 7.89. The van der Waals surface area contributed by atoms with Crippen LogP contribution in [0.5, 0.6) is 0 Å². The second-order valence-electron chi connectivity index (χ2n) is 10.3. The summed E-state index contributed by atoms with van der Waals surface area (Å²) in [5, 5.41) is 4.94. The molecule has 1 amide bonds. The number of rotatable bonds is 11. The number of thiophene rings is 1. The Morgan fingerprint density at radius 2 is 1.62 bits per heavy atom. The molecule has 0 spiro atoms. The molecule has 212 valence electrons. The number of carbonyl (C=O) groups is 1. The zero-order valence-corrected chi connectivity index (χ0v) is 25.7. The number of nitrogens with one attached hydrogen (secondary N) is 1. The largest absolute Gasteiger partial charge is 0.313 e. The third-order valence-corrected chi connectivity index (χ3v) is 11.6. The van der Waals surface area contributed by atoms with E-state index in [0.29, 0.717) is 18.7 Å². The molecule has 1 aliphatic rings. The van der Waals surface area contributed by atoms with Crippen molar-refractivity contribution in [2.75, 3.05) is 18.4 Å². The smallest absolute Gasteiger partial charge is 0.256 e. The number of aryl methyl sites for hydroxylation is 1. The van der Waals surface area contributed by atoms with Gasteiger partial charge in [0.25, 0.3) is 5.91 Å². The first kappa shape index (κ1) is 28.9. The number of sulfonamides is 1. The zero-order valence-electron chi connectivity index (χ0n) is 23.2. The van der Waals surface area contributed by atoms with Crippen LogP contribution in [0.3, 0.4) is 0 Å². The lowest BCUT2D eigenvalue weighted by atomic mass is 10.1. The molecule has 1 N–H and O–H groups in total. The Morgan fingerprint density at radius 3 is 2.33 bits per heavy atom. The maximum absolute atomic E-state index is 13.4. The van der Waals surface area contributed by atoms with Crippen molar-refractivity contribution in [2.24, 2.45) is 0 Å². The standard InChI is InChI=1S/C31H37N3O3S3/c1-3-5-20-34(21-6-4-2)40(36,37)23-18-16-22(17-19-23)29(35)33-31-28(24-12-8-7-9-14-26(24)38-31)30-32-25-13-10-11-15-27(25)39-30/h10-11,13,15-19H,3-9,12,14,20-21H2,1-2H3,(H,33,35). The summed E-state index contributed by atoms with van der Waals surface area (Å²) >= 11 is 3.32. The monoisotopic (exact) mass is 595 g/mol. The van der Waals surface area contributed by atoms with Crippen LogP contribution in [0.1, 0.15) is 79.6 Å². The van der Waals surface area contributed by atoms with E-state index in [1.165, 1.54) is 16.9 Å². The predicted octanol–water partition coefficient (Wildman–Crippen LogP) is 8.14. The summed E-state index contributed by atoms with van der Waals surface area (Å²) in [6.45, 7) is 5.15. The minimum Gasteiger partial charge on any atom is -0.313 e. The Kier molecular flexibility index (Phi) is 9.35. The van der Waals surface area contributed by atoms with E-state index in [1.54, 1.807) is 51.2 Å². The summed E-state index contributed by atoms with van der Waals surface area (Å²) in [5.74, 6) is -0.239. The van der Waals surface area contributed by atoms with E-state index >= 15 is 0 Å². The number of fused-ring (bicyclic) bond motifs is 2. The van der Waals surface area contributed by atoms with Crippen LogP contribution in [-0.4, -0.2) is 36.7 Å². The van der Waals surface area contributed by atoms with Gasteiger partial charge in [-0.1, -0.05) is 45.2 Å². The van der Waals surface area contributed by atoms with Crippen LogP contribution in [0, 0.1) is 0 Å². The van der Waals surface area contributed by atoms with Gasteiger partial charge in [-0.25, -0.2) is 13.4 Å². The number of aromatic nitrogens is 1. The van der Waals surface area contributed by atoms with Gasteiger partial charge < -0.3 is 5.32 Å². The lowest BCUT2D eigenvalue weighted by molar-refractivity contribution is 0.102. The van der Waals surface area contributed by atoms with Gasteiger partial charge in [-0.3, -0.25) is 4.79 Å². The molecule has 2 heterocycles. The Balaban J connectivity index is 1.42. The van der Waals surface area contributed by atoms with Crippen LogP contribution in [0.4, 0.5) is 5.00 Å². The third kappa shape index (κ3) is 6.17. The van der Waals surface area contributed by atoms with Crippen molar-refractivity contribution in [3.8, 4) is 10.6 Å². The number of para-hydroxylation sites is 1. The highest BCUT2D eigenvalue weighted by Crippen LogP contribution is 2.46. The number of hydrogen-bond donors (Lipinski definition) is 1. The van der Waals surface area contributed by atoms with E-state index < -0.39 is 10.0 Å². The molecule has 2 aromatic heterocycles. The van der Waals surface area contributed by atoms with Gasteiger partial charge in [-0.2, -0.15) is 4.31 Å². The van der Waals surface area contributed by atoms with Gasteiger partial charge in [-0.15, -0.1) is 22.7 Å². The maximum atomic E-state index is 13.4. The minimum absolute atomic E-state index is 0.231. The van der Waals surface area contributed by atoms with Crippen LogP contribution < -0.4 is 5.32 Å². The molecule has 40 heavy (non-hydrogen) atoms. The third-order valence-electron chi connectivity index (χ3n) is 7.43. The first-order chi connectivity index (χ1) is 19.4. The molecule has 0 fully saturated rings. The normalized spacial score (nSPS) is 13.9. The van der Waals surface area contributed by atoms with E-state index in [2.05, 4.69) is 25.2 Å². The van der Waals surface area contributed by atoms with Crippen LogP contribution in [-0.2, 0) is 22.9 Å². The summed E-state index contributed by atoms with van der Waals surface area (Å²) in [4.78, 5) is 19.9. The molecule has 0 saturated carbocycles. The number of carbonyl (C=O) groups excluding carboxylic acids is 1. The van der Waals surface area contributed by atoms with Crippen molar-refractivity contribution >= 4 is 53.8 Å². The van der Waals surface area contributed by atoms with E-state index in [-0.39, 0.29) is 10.8 Å². The molecule has 1 aliphatic carbocycles. The maximum Gasteiger partial charge on any atom is 0.256 e. The van der Waals surface area contributed by atoms with Gasteiger partial charge in [0.05, 0.1) is 15.1 Å².